The molecule has 0 aliphatic carbocycles. The molecule has 1 unspecified atom stereocenters. The van der Waals surface area contributed by atoms with E-state index in [9.17, 15) is 0 Å². The molecule has 0 radical (unpaired) electrons. The largest absolute Gasteiger partial charge is 0.133 e. The fourth-order valence-electron chi connectivity index (χ4n) is 0.378. The lowest BCUT2D eigenvalue weighted by atomic mass is 9.98. The molecule has 0 heteroatoms. The van der Waals surface area contributed by atoms with Gasteiger partial charge in [-0.25, -0.2) is 0 Å². The first-order chi connectivity index (χ1) is 3.68. The molecule has 0 aliphatic rings. The van der Waals surface area contributed by atoms with Gasteiger partial charge in [-0.3, -0.25) is 0 Å². The molecule has 1 atom stereocenters. The van der Waals surface area contributed by atoms with Gasteiger partial charge in [0.1, 0.15) is 0 Å². The minimum Gasteiger partial charge on any atom is -0.133 e. The number of hydrogen-bond acceptors (Lipinski definition) is 0. The molecule has 0 aromatic heterocycles. The lowest BCUT2D eigenvalue weighted by molar-refractivity contribution is 0.505. The third-order valence-corrected chi connectivity index (χ3v) is 1.43. The first-order valence-corrected chi connectivity index (χ1v) is 3.04. The Kier molecular flexibility index (Phi) is 3.30. The van der Waals surface area contributed by atoms with E-state index < -0.39 is 0 Å². The molecule has 0 nitrogen and oxygen atoms in total. The molecule has 0 aromatic carbocycles. The van der Waals surface area contributed by atoms with Gasteiger partial charge in [-0.15, -0.1) is 5.73 Å². The highest BCUT2D eigenvalue weighted by Gasteiger charge is 1.99. The molecule has 0 saturated heterocycles. The average molecular weight is 110 g/mol. The smallest absolute Gasteiger partial charge is 0.0163 e. The van der Waals surface area contributed by atoms with Crippen molar-refractivity contribution in [3.8, 4) is 0 Å². The standard InChI is InChI=1S/C8H14/c1-5-6-8(4)7(2)3/h6-8H,1H2,2-4H3. The van der Waals surface area contributed by atoms with Crippen molar-refractivity contribution in [1.29, 1.82) is 0 Å². The van der Waals surface area contributed by atoms with E-state index in [0.717, 1.165) is 0 Å². The predicted molar refractivity (Wildman–Crippen MR) is 37.7 cm³/mol. The lowest BCUT2D eigenvalue weighted by Gasteiger charge is -2.06. The van der Waals surface area contributed by atoms with Crippen LogP contribution in [0.2, 0.25) is 0 Å². The highest BCUT2D eigenvalue weighted by Crippen LogP contribution is 2.09. The lowest BCUT2D eigenvalue weighted by Crippen LogP contribution is -1.97. The van der Waals surface area contributed by atoms with Gasteiger partial charge < -0.3 is 0 Å². The molecule has 8 heavy (non-hydrogen) atoms. The van der Waals surface area contributed by atoms with Gasteiger partial charge in [-0.1, -0.05) is 27.4 Å². The van der Waals surface area contributed by atoms with Crippen molar-refractivity contribution in [3.63, 3.8) is 0 Å². The molecule has 0 aliphatic heterocycles. The summed E-state index contributed by atoms with van der Waals surface area (Å²) in [5.74, 6) is 1.33. The summed E-state index contributed by atoms with van der Waals surface area (Å²) in [5.41, 5.74) is 2.77. The van der Waals surface area contributed by atoms with Crippen LogP contribution >= 0.6 is 0 Å². The molecule has 0 spiro atoms. The van der Waals surface area contributed by atoms with Crippen LogP contribution in [0.25, 0.3) is 0 Å². The molecule has 0 rings (SSSR count). The van der Waals surface area contributed by atoms with Crippen LogP contribution in [-0.2, 0) is 0 Å². The summed E-state index contributed by atoms with van der Waals surface area (Å²) in [5, 5.41) is 0. The van der Waals surface area contributed by atoms with Crippen molar-refractivity contribution in [3.05, 3.63) is 18.4 Å². The molecule has 46 valence electrons. The molecule has 0 aromatic rings. The van der Waals surface area contributed by atoms with Gasteiger partial charge in [0.05, 0.1) is 0 Å². The summed E-state index contributed by atoms with van der Waals surface area (Å²) < 4.78 is 0. The maximum atomic E-state index is 3.50. The molecule has 0 amide bonds. The van der Waals surface area contributed by atoms with E-state index in [4.69, 9.17) is 0 Å². The third kappa shape index (κ3) is 2.65. The maximum absolute atomic E-state index is 3.50. The van der Waals surface area contributed by atoms with Gasteiger partial charge in [0.15, 0.2) is 0 Å². The second-order valence-corrected chi connectivity index (χ2v) is 2.47. The van der Waals surface area contributed by atoms with Gasteiger partial charge in [0, 0.05) is 0 Å². The van der Waals surface area contributed by atoms with Crippen molar-refractivity contribution in [1.82, 2.24) is 0 Å². The minimum absolute atomic E-state index is 0.618. The average Bonchev–Trinajstić information content (AvgIpc) is 1.67. The first kappa shape index (κ1) is 7.52. The molecular weight excluding hydrogens is 96.1 g/mol. The summed E-state index contributed by atoms with van der Waals surface area (Å²) in [6.45, 7) is 10.1. The molecule has 0 N–H and O–H groups in total. The van der Waals surface area contributed by atoms with Crippen molar-refractivity contribution < 1.29 is 0 Å². The van der Waals surface area contributed by atoms with Gasteiger partial charge in [-0.2, -0.15) is 0 Å². The Morgan fingerprint density at radius 3 is 2.00 bits per heavy atom. The van der Waals surface area contributed by atoms with Crippen LogP contribution in [0.5, 0.6) is 0 Å². The molecule has 0 saturated carbocycles. The Balaban J connectivity index is 3.63. The SMILES string of the molecule is C=C=CC(C)C(C)C. The zero-order valence-electron chi connectivity index (χ0n) is 5.94. The number of hydrogen-bond donors (Lipinski definition) is 0. The van der Waals surface area contributed by atoms with Gasteiger partial charge >= 0.3 is 0 Å². The Hall–Kier alpha value is -0.480. The van der Waals surface area contributed by atoms with Crippen LogP contribution in [0.1, 0.15) is 20.8 Å². The number of allylic oxidation sites excluding steroid dienone is 1. The van der Waals surface area contributed by atoms with Crippen LogP contribution in [0.4, 0.5) is 0 Å². The van der Waals surface area contributed by atoms with Crippen molar-refractivity contribution in [2.45, 2.75) is 20.8 Å². The van der Waals surface area contributed by atoms with E-state index in [2.05, 4.69) is 33.1 Å². The van der Waals surface area contributed by atoms with Crippen LogP contribution in [0.15, 0.2) is 18.4 Å². The van der Waals surface area contributed by atoms with Crippen molar-refractivity contribution in [2.24, 2.45) is 11.8 Å². The van der Waals surface area contributed by atoms with Crippen LogP contribution in [0.3, 0.4) is 0 Å². The molecule has 0 heterocycles. The summed E-state index contributed by atoms with van der Waals surface area (Å²) in [6.07, 6.45) is 2.00. The monoisotopic (exact) mass is 110 g/mol. The summed E-state index contributed by atoms with van der Waals surface area (Å²) >= 11 is 0. The highest BCUT2D eigenvalue weighted by molar-refractivity contribution is 4.82. The molecular formula is C8H14. The topological polar surface area (TPSA) is 0 Å². The van der Waals surface area contributed by atoms with E-state index in [1.165, 1.54) is 0 Å². The Morgan fingerprint density at radius 1 is 1.38 bits per heavy atom. The van der Waals surface area contributed by atoms with Crippen LogP contribution in [0, 0.1) is 11.8 Å². The van der Waals surface area contributed by atoms with E-state index in [0.29, 0.717) is 11.8 Å². The first-order valence-electron chi connectivity index (χ1n) is 3.04. The predicted octanol–water partition coefficient (Wildman–Crippen LogP) is 2.62. The van der Waals surface area contributed by atoms with Crippen LogP contribution < -0.4 is 0 Å². The summed E-state index contributed by atoms with van der Waals surface area (Å²) in [4.78, 5) is 0. The zero-order chi connectivity index (χ0) is 6.57. The molecule has 0 fully saturated rings. The van der Waals surface area contributed by atoms with Crippen molar-refractivity contribution >= 4 is 0 Å². The minimum atomic E-state index is 0.618. The normalized spacial score (nSPS) is 13.0. The molecule has 0 bridgehead atoms. The maximum Gasteiger partial charge on any atom is -0.0163 e. The van der Waals surface area contributed by atoms with Gasteiger partial charge in [0.2, 0.25) is 0 Å². The van der Waals surface area contributed by atoms with Gasteiger partial charge in [-0.05, 0) is 17.9 Å². The van der Waals surface area contributed by atoms with E-state index in [1.807, 2.05) is 6.08 Å². The Labute approximate surface area is 51.9 Å². The van der Waals surface area contributed by atoms with E-state index >= 15 is 0 Å². The van der Waals surface area contributed by atoms with E-state index in [1.54, 1.807) is 0 Å². The Bertz CT molecular complexity index is 94.6. The summed E-state index contributed by atoms with van der Waals surface area (Å²) in [6, 6.07) is 0. The second kappa shape index (κ2) is 3.51. The quantitative estimate of drug-likeness (QED) is 0.479. The summed E-state index contributed by atoms with van der Waals surface area (Å²) in [7, 11) is 0. The Morgan fingerprint density at radius 2 is 1.88 bits per heavy atom. The van der Waals surface area contributed by atoms with Crippen LogP contribution in [-0.4, -0.2) is 0 Å². The van der Waals surface area contributed by atoms with Gasteiger partial charge in [0.25, 0.3) is 0 Å². The fraction of sp³-hybridized carbons (Fsp3) is 0.625. The van der Waals surface area contributed by atoms with Crippen molar-refractivity contribution in [2.75, 3.05) is 0 Å². The fourth-order valence-corrected chi connectivity index (χ4v) is 0.378. The van der Waals surface area contributed by atoms with E-state index in [-0.39, 0.29) is 0 Å². The second-order valence-electron chi connectivity index (χ2n) is 2.47. The number of rotatable bonds is 2. The zero-order valence-corrected chi connectivity index (χ0v) is 5.94. The highest BCUT2D eigenvalue weighted by atomic mass is 14.0. The third-order valence-electron chi connectivity index (χ3n) is 1.43.